The SMILES string of the molecule is Cc1cccn2ccc(-c3c4ccccc4cc[n+]3C)c12. The molecule has 102 valence electrons. The van der Waals surface area contributed by atoms with Gasteiger partial charge in [0, 0.05) is 18.5 Å². The van der Waals surface area contributed by atoms with E-state index in [0.717, 1.165) is 0 Å². The molecule has 0 aliphatic heterocycles. The molecule has 3 heterocycles. The van der Waals surface area contributed by atoms with Crippen molar-refractivity contribution in [2.75, 3.05) is 0 Å². The molecule has 0 saturated carbocycles. The summed E-state index contributed by atoms with van der Waals surface area (Å²) in [5, 5.41) is 2.57. The van der Waals surface area contributed by atoms with Crippen molar-refractivity contribution >= 4 is 16.3 Å². The van der Waals surface area contributed by atoms with Crippen molar-refractivity contribution < 1.29 is 4.57 Å². The number of fused-ring (bicyclic) bond motifs is 2. The Balaban J connectivity index is 2.16. The lowest BCUT2D eigenvalue weighted by molar-refractivity contribution is -0.659. The molecule has 0 radical (unpaired) electrons. The third-order valence-corrected chi connectivity index (χ3v) is 4.18. The Morgan fingerprint density at radius 2 is 1.76 bits per heavy atom. The first-order chi connectivity index (χ1) is 10.3. The van der Waals surface area contributed by atoms with Crippen molar-refractivity contribution in [1.82, 2.24) is 4.40 Å². The molecule has 0 aliphatic rings. The van der Waals surface area contributed by atoms with E-state index in [1.54, 1.807) is 0 Å². The zero-order valence-corrected chi connectivity index (χ0v) is 12.2. The van der Waals surface area contributed by atoms with Gasteiger partial charge in [-0.3, -0.25) is 0 Å². The lowest BCUT2D eigenvalue weighted by atomic mass is 10.0. The highest BCUT2D eigenvalue weighted by Gasteiger charge is 2.18. The fourth-order valence-corrected chi connectivity index (χ4v) is 3.19. The number of pyridine rings is 2. The minimum Gasteiger partial charge on any atom is -0.323 e. The minimum atomic E-state index is 1.27. The Labute approximate surface area is 123 Å². The van der Waals surface area contributed by atoms with E-state index in [9.17, 15) is 0 Å². The maximum atomic E-state index is 2.21. The second kappa shape index (κ2) is 4.45. The van der Waals surface area contributed by atoms with Crippen LogP contribution in [0.5, 0.6) is 0 Å². The van der Waals surface area contributed by atoms with Crippen LogP contribution in [0.2, 0.25) is 0 Å². The number of benzene rings is 1. The molecule has 0 spiro atoms. The van der Waals surface area contributed by atoms with Gasteiger partial charge in [0.05, 0.1) is 16.5 Å². The molecule has 4 aromatic rings. The minimum absolute atomic E-state index is 1.27. The standard InChI is InChI=1S/C19H17N2/c1-14-6-5-11-21-13-10-17(18(14)21)19-16-8-4-3-7-15(16)9-12-20(19)2/h3-13H,1-2H3/q+1. The Kier molecular flexibility index (Phi) is 2.58. The second-order valence-corrected chi connectivity index (χ2v) is 5.54. The van der Waals surface area contributed by atoms with Crippen LogP contribution < -0.4 is 4.57 Å². The maximum absolute atomic E-state index is 2.21. The molecule has 0 amide bonds. The summed E-state index contributed by atoms with van der Waals surface area (Å²) in [7, 11) is 2.11. The van der Waals surface area contributed by atoms with Crippen LogP contribution in [0.25, 0.3) is 27.5 Å². The number of hydrogen-bond acceptors (Lipinski definition) is 0. The van der Waals surface area contributed by atoms with Gasteiger partial charge in [0.1, 0.15) is 7.05 Å². The summed E-state index contributed by atoms with van der Waals surface area (Å²) in [6.45, 7) is 2.17. The smallest absolute Gasteiger partial charge is 0.222 e. The van der Waals surface area contributed by atoms with E-state index in [1.807, 2.05) is 0 Å². The van der Waals surface area contributed by atoms with Gasteiger partial charge in [-0.15, -0.1) is 0 Å². The van der Waals surface area contributed by atoms with E-state index >= 15 is 0 Å². The van der Waals surface area contributed by atoms with Crippen molar-refractivity contribution in [2.45, 2.75) is 6.92 Å². The Morgan fingerprint density at radius 3 is 2.67 bits per heavy atom. The Bertz CT molecular complexity index is 964. The number of aryl methyl sites for hydroxylation is 2. The van der Waals surface area contributed by atoms with Crippen LogP contribution in [0, 0.1) is 6.92 Å². The second-order valence-electron chi connectivity index (χ2n) is 5.54. The first-order valence-electron chi connectivity index (χ1n) is 7.20. The number of hydrogen-bond donors (Lipinski definition) is 0. The van der Waals surface area contributed by atoms with Gasteiger partial charge in [-0.05, 0) is 36.1 Å². The van der Waals surface area contributed by atoms with Gasteiger partial charge in [0.25, 0.3) is 0 Å². The van der Waals surface area contributed by atoms with Crippen LogP contribution >= 0.6 is 0 Å². The molecule has 21 heavy (non-hydrogen) atoms. The molecule has 1 aromatic carbocycles. The fourth-order valence-electron chi connectivity index (χ4n) is 3.19. The van der Waals surface area contributed by atoms with Crippen molar-refractivity contribution in [3.05, 3.63) is 72.7 Å². The van der Waals surface area contributed by atoms with E-state index in [4.69, 9.17) is 0 Å². The topological polar surface area (TPSA) is 8.29 Å². The van der Waals surface area contributed by atoms with Crippen LogP contribution in [0.15, 0.2) is 67.1 Å². The largest absolute Gasteiger partial charge is 0.323 e. The number of rotatable bonds is 1. The molecule has 2 nitrogen and oxygen atoms in total. The molecule has 0 atom stereocenters. The molecule has 0 saturated heterocycles. The molecule has 0 N–H and O–H groups in total. The molecule has 3 aromatic heterocycles. The van der Waals surface area contributed by atoms with E-state index in [2.05, 4.69) is 90.1 Å². The van der Waals surface area contributed by atoms with E-state index in [0.29, 0.717) is 0 Å². The predicted octanol–water partition coefficient (Wildman–Crippen LogP) is 3.89. The zero-order chi connectivity index (χ0) is 14.4. The monoisotopic (exact) mass is 273 g/mol. The number of nitrogens with zero attached hydrogens (tertiary/aromatic N) is 2. The van der Waals surface area contributed by atoms with Gasteiger partial charge in [-0.1, -0.05) is 24.3 Å². The van der Waals surface area contributed by atoms with Gasteiger partial charge in [-0.2, -0.15) is 0 Å². The summed E-state index contributed by atoms with van der Waals surface area (Å²) in [4.78, 5) is 0. The fraction of sp³-hybridized carbons (Fsp3) is 0.105. The highest BCUT2D eigenvalue weighted by molar-refractivity contribution is 5.97. The normalized spacial score (nSPS) is 11.3. The molecule has 0 aliphatic carbocycles. The highest BCUT2D eigenvalue weighted by Crippen LogP contribution is 2.30. The Morgan fingerprint density at radius 1 is 0.905 bits per heavy atom. The van der Waals surface area contributed by atoms with Crippen molar-refractivity contribution in [3.8, 4) is 11.3 Å². The van der Waals surface area contributed by atoms with Crippen molar-refractivity contribution in [2.24, 2.45) is 7.05 Å². The van der Waals surface area contributed by atoms with Gasteiger partial charge in [0.2, 0.25) is 5.69 Å². The summed E-state index contributed by atoms with van der Waals surface area (Å²) in [6, 6.07) is 17.2. The van der Waals surface area contributed by atoms with Crippen LogP contribution in [0.4, 0.5) is 0 Å². The molecule has 2 heteroatoms. The van der Waals surface area contributed by atoms with Crippen molar-refractivity contribution in [1.29, 1.82) is 0 Å². The molecule has 0 unspecified atom stereocenters. The van der Waals surface area contributed by atoms with Crippen LogP contribution in [-0.4, -0.2) is 4.40 Å². The summed E-state index contributed by atoms with van der Waals surface area (Å²) < 4.78 is 4.41. The lowest BCUT2D eigenvalue weighted by Crippen LogP contribution is -2.30. The molecular formula is C19H17N2+. The van der Waals surface area contributed by atoms with E-state index < -0.39 is 0 Å². The van der Waals surface area contributed by atoms with Crippen LogP contribution in [0.3, 0.4) is 0 Å². The van der Waals surface area contributed by atoms with Crippen LogP contribution in [0.1, 0.15) is 5.56 Å². The third-order valence-electron chi connectivity index (χ3n) is 4.18. The molecule has 0 bridgehead atoms. The predicted molar refractivity (Wildman–Crippen MR) is 86.3 cm³/mol. The van der Waals surface area contributed by atoms with E-state index in [1.165, 1.54) is 33.1 Å². The van der Waals surface area contributed by atoms with E-state index in [-0.39, 0.29) is 0 Å². The third kappa shape index (κ3) is 1.76. The maximum Gasteiger partial charge on any atom is 0.222 e. The molecule has 0 fully saturated rings. The lowest BCUT2D eigenvalue weighted by Gasteiger charge is -2.06. The molecule has 4 rings (SSSR count). The van der Waals surface area contributed by atoms with Crippen LogP contribution in [-0.2, 0) is 7.05 Å². The highest BCUT2D eigenvalue weighted by atomic mass is 14.9. The van der Waals surface area contributed by atoms with Gasteiger partial charge in [-0.25, -0.2) is 4.57 Å². The average molecular weight is 273 g/mol. The summed E-state index contributed by atoms with van der Waals surface area (Å²) >= 11 is 0. The first-order valence-corrected chi connectivity index (χ1v) is 7.20. The quantitative estimate of drug-likeness (QED) is 0.465. The zero-order valence-electron chi connectivity index (χ0n) is 12.2. The van der Waals surface area contributed by atoms with Gasteiger partial charge in [0.15, 0.2) is 6.20 Å². The summed E-state index contributed by atoms with van der Waals surface area (Å²) in [6.07, 6.45) is 6.38. The summed E-state index contributed by atoms with van der Waals surface area (Å²) in [5.41, 5.74) is 5.13. The summed E-state index contributed by atoms with van der Waals surface area (Å²) in [5.74, 6) is 0. The molecular weight excluding hydrogens is 256 g/mol. The van der Waals surface area contributed by atoms with Crippen molar-refractivity contribution in [3.63, 3.8) is 0 Å². The van der Waals surface area contributed by atoms with Gasteiger partial charge >= 0.3 is 0 Å². The first kappa shape index (κ1) is 12.2. The average Bonchev–Trinajstić information content (AvgIpc) is 2.92. The van der Waals surface area contributed by atoms with Gasteiger partial charge < -0.3 is 4.40 Å². The Hall–Kier alpha value is -2.61. The number of aromatic nitrogens is 2.